The van der Waals surface area contributed by atoms with Crippen LogP contribution in [0.3, 0.4) is 0 Å². The molecule has 44 heavy (non-hydrogen) atoms. The number of amides is 1. The van der Waals surface area contributed by atoms with Crippen LogP contribution >= 0.6 is 0 Å². The summed E-state index contributed by atoms with van der Waals surface area (Å²) in [5, 5.41) is 18.8. The lowest BCUT2D eigenvalue weighted by atomic mass is 10.1. The number of halogens is 1. The first-order valence-electron chi connectivity index (χ1n) is 14.0. The Morgan fingerprint density at radius 3 is 2.64 bits per heavy atom. The van der Waals surface area contributed by atoms with Crippen molar-refractivity contribution in [1.82, 2.24) is 39.6 Å². The molecule has 0 bridgehead atoms. The van der Waals surface area contributed by atoms with Gasteiger partial charge in [0, 0.05) is 23.3 Å². The molecule has 4 heterocycles. The Bertz CT molecular complexity index is 2080. The van der Waals surface area contributed by atoms with Crippen molar-refractivity contribution >= 4 is 22.5 Å². The Morgan fingerprint density at radius 2 is 1.86 bits per heavy atom. The van der Waals surface area contributed by atoms with Crippen LogP contribution in [0.25, 0.3) is 39.2 Å². The summed E-state index contributed by atoms with van der Waals surface area (Å²) in [6.45, 7) is 3.81. The van der Waals surface area contributed by atoms with Gasteiger partial charge in [-0.1, -0.05) is 18.2 Å². The number of tetrazole rings is 1. The topological polar surface area (TPSA) is 125 Å². The zero-order valence-corrected chi connectivity index (χ0v) is 24.6. The van der Waals surface area contributed by atoms with Gasteiger partial charge in [-0.05, 0) is 85.3 Å². The number of pyridine rings is 2. The molecule has 0 aliphatic rings. The number of nitrogens with zero attached hydrogens (tertiary/aromatic N) is 7. The number of rotatable bonds is 8. The van der Waals surface area contributed by atoms with E-state index in [-0.39, 0.29) is 29.5 Å². The highest BCUT2D eigenvalue weighted by Crippen LogP contribution is 2.27. The number of hydrogen-bond acceptors (Lipinski definition) is 7. The summed E-state index contributed by atoms with van der Waals surface area (Å²) in [6.07, 6.45) is 5.36. The van der Waals surface area contributed by atoms with E-state index in [4.69, 9.17) is 0 Å². The molecule has 2 aromatic carbocycles. The van der Waals surface area contributed by atoms with Crippen LogP contribution in [0.4, 0.5) is 10.1 Å². The molecule has 0 spiro atoms. The molecule has 1 atom stereocenters. The van der Waals surface area contributed by atoms with Gasteiger partial charge in [-0.3, -0.25) is 14.6 Å². The zero-order chi connectivity index (χ0) is 31.0. The molecule has 0 radical (unpaired) electrons. The molecule has 0 aliphatic heterocycles. The Morgan fingerprint density at radius 1 is 1.05 bits per heavy atom. The van der Waals surface area contributed by atoms with Crippen LogP contribution in [0.15, 0.2) is 84.0 Å². The Balaban J connectivity index is 1.44. The van der Waals surface area contributed by atoms with Crippen molar-refractivity contribution in [3.8, 4) is 28.3 Å². The highest BCUT2D eigenvalue weighted by Gasteiger charge is 2.18. The molecule has 0 saturated heterocycles. The third-order valence-corrected chi connectivity index (χ3v) is 7.55. The number of likely N-dealkylation sites (N-methyl/N-ethyl adjacent to an activating group) is 1. The second-order valence-corrected chi connectivity index (χ2v) is 10.6. The number of nitrogens with one attached hydrogen (secondary N) is 2. The van der Waals surface area contributed by atoms with Crippen molar-refractivity contribution in [3.63, 3.8) is 0 Å². The number of hydrogen-bond donors (Lipinski definition) is 2. The quantitative estimate of drug-likeness (QED) is 0.273. The molecule has 4 aromatic heterocycles. The van der Waals surface area contributed by atoms with Crippen LogP contribution in [0.5, 0.6) is 0 Å². The number of aryl methyl sites for hydroxylation is 2. The summed E-state index contributed by atoms with van der Waals surface area (Å²) in [5.74, 6) is -0.166. The second kappa shape index (κ2) is 11.7. The van der Waals surface area contributed by atoms with Crippen LogP contribution in [-0.2, 0) is 18.4 Å². The van der Waals surface area contributed by atoms with E-state index in [1.165, 1.54) is 16.9 Å². The van der Waals surface area contributed by atoms with Gasteiger partial charge < -0.3 is 19.8 Å². The first-order valence-corrected chi connectivity index (χ1v) is 14.0. The van der Waals surface area contributed by atoms with E-state index in [0.29, 0.717) is 11.5 Å². The van der Waals surface area contributed by atoms with E-state index in [1.807, 2.05) is 48.0 Å². The lowest BCUT2D eigenvalue weighted by Gasteiger charge is -2.17. The predicted octanol–water partition coefficient (Wildman–Crippen LogP) is 4.09. The number of carbonyl (C=O) groups excluding carboxylic acids is 1. The molecule has 6 aromatic rings. The fourth-order valence-electron chi connectivity index (χ4n) is 5.13. The van der Waals surface area contributed by atoms with Crippen molar-refractivity contribution in [2.75, 3.05) is 12.4 Å². The van der Waals surface area contributed by atoms with E-state index in [0.717, 1.165) is 38.8 Å². The first-order chi connectivity index (χ1) is 21.2. The summed E-state index contributed by atoms with van der Waals surface area (Å²) in [6, 6.07) is 17.1. The second-order valence-electron chi connectivity index (χ2n) is 10.6. The number of aromatic nitrogens is 7. The van der Waals surface area contributed by atoms with Gasteiger partial charge in [0.15, 0.2) is 0 Å². The van der Waals surface area contributed by atoms with Crippen LogP contribution < -0.4 is 16.2 Å². The van der Waals surface area contributed by atoms with E-state index in [9.17, 15) is 14.0 Å². The van der Waals surface area contributed by atoms with Crippen molar-refractivity contribution < 1.29 is 9.18 Å². The van der Waals surface area contributed by atoms with Gasteiger partial charge in [0.1, 0.15) is 11.5 Å². The molecule has 0 saturated carbocycles. The monoisotopic (exact) mass is 591 g/mol. The van der Waals surface area contributed by atoms with Crippen molar-refractivity contribution in [3.05, 3.63) is 107 Å². The Hall–Kier alpha value is -5.49. The van der Waals surface area contributed by atoms with Gasteiger partial charge in [-0.25, -0.2) is 4.39 Å². The van der Waals surface area contributed by atoms with Crippen LogP contribution in [0.1, 0.15) is 18.1 Å². The number of fused-ring (bicyclic) bond motifs is 1. The largest absolute Gasteiger partial charge is 0.320 e. The maximum Gasteiger partial charge on any atom is 0.275 e. The van der Waals surface area contributed by atoms with Crippen molar-refractivity contribution in [2.45, 2.75) is 26.4 Å². The third kappa shape index (κ3) is 5.50. The van der Waals surface area contributed by atoms with Gasteiger partial charge >= 0.3 is 0 Å². The maximum absolute atomic E-state index is 14.0. The molecule has 11 nitrogen and oxygen atoms in total. The SMILES string of the molecule is CNC(C)C(=O)Nc1ccc(-c2cccc(-c3nnn(C)n3)c2)n(Cc2cncc(-n3cc(C)c4cc(F)ccc43)c2)c1=O. The molecule has 1 unspecified atom stereocenters. The summed E-state index contributed by atoms with van der Waals surface area (Å²) >= 11 is 0. The highest BCUT2D eigenvalue weighted by atomic mass is 19.1. The summed E-state index contributed by atoms with van der Waals surface area (Å²) < 4.78 is 17.5. The van der Waals surface area contributed by atoms with Gasteiger partial charge in [0.2, 0.25) is 11.7 Å². The summed E-state index contributed by atoms with van der Waals surface area (Å²) in [5.41, 5.74) is 5.21. The molecule has 1 amide bonds. The number of benzene rings is 2. The zero-order valence-electron chi connectivity index (χ0n) is 24.6. The minimum Gasteiger partial charge on any atom is -0.320 e. The van der Waals surface area contributed by atoms with Crippen molar-refractivity contribution in [1.29, 1.82) is 0 Å². The maximum atomic E-state index is 14.0. The van der Waals surface area contributed by atoms with Crippen LogP contribution in [0.2, 0.25) is 0 Å². The van der Waals surface area contributed by atoms with Crippen LogP contribution in [0, 0.1) is 12.7 Å². The molecular weight excluding hydrogens is 561 g/mol. The molecule has 12 heteroatoms. The average Bonchev–Trinajstić information content (AvgIpc) is 3.61. The van der Waals surface area contributed by atoms with E-state index in [2.05, 4.69) is 31.0 Å². The lowest BCUT2D eigenvalue weighted by molar-refractivity contribution is -0.117. The first kappa shape index (κ1) is 28.6. The highest BCUT2D eigenvalue weighted by molar-refractivity contribution is 5.94. The third-order valence-electron chi connectivity index (χ3n) is 7.55. The standard InChI is InChI=1S/C32H30FN9O2/c1-19-17-41(29-10-8-24(33)14-26(19)29)25-12-21(15-35-16-25)18-42-28(11-9-27(32(42)44)36-31(43)20(2)34-3)22-6-5-7-23(13-22)30-37-39-40(4)38-30/h5-17,20,34H,18H2,1-4H3,(H,36,43). The predicted molar refractivity (Wildman–Crippen MR) is 166 cm³/mol. The van der Waals surface area contributed by atoms with E-state index >= 15 is 0 Å². The lowest BCUT2D eigenvalue weighted by Crippen LogP contribution is -2.37. The fourth-order valence-corrected chi connectivity index (χ4v) is 5.13. The van der Waals surface area contributed by atoms with Gasteiger partial charge in [-0.15, -0.1) is 10.2 Å². The molecule has 2 N–H and O–H groups in total. The van der Waals surface area contributed by atoms with Gasteiger partial charge in [0.25, 0.3) is 5.56 Å². The van der Waals surface area contributed by atoms with E-state index < -0.39 is 6.04 Å². The Kier molecular flexibility index (Phi) is 7.58. The van der Waals surface area contributed by atoms with Gasteiger partial charge in [0.05, 0.1) is 42.7 Å². The van der Waals surface area contributed by atoms with Crippen molar-refractivity contribution in [2.24, 2.45) is 7.05 Å². The minimum absolute atomic E-state index is 0.158. The fraction of sp³-hybridized carbons (Fsp3) is 0.188. The molecule has 222 valence electrons. The molecule has 0 fully saturated rings. The Labute approximate surface area is 252 Å². The number of carbonyl (C=O) groups is 1. The normalized spacial score (nSPS) is 12.0. The van der Waals surface area contributed by atoms with Gasteiger partial charge in [-0.2, -0.15) is 4.80 Å². The number of anilines is 1. The summed E-state index contributed by atoms with van der Waals surface area (Å²) in [7, 11) is 3.37. The summed E-state index contributed by atoms with van der Waals surface area (Å²) in [4.78, 5) is 32.5. The molecule has 6 rings (SSSR count). The molecular formula is C32H30FN9O2. The van der Waals surface area contributed by atoms with Crippen LogP contribution in [-0.4, -0.2) is 53.3 Å². The minimum atomic E-state index is -0.493. The molecule has 0 aliphatic carbocycles. The average molecular weight is 592 g/mol. The van der Waals surface area contributed by atoms with E-state index in [1.54, 1.807) is 56.2 Å². The smallest absolute Gasteiger partial charge is 0.275 e.